The summed E-state index contributed by atoms with van der Waals surface area (Å²) in [6, 6.07) is 0. The van der Waals surface area contributed by atoms with Crippen LogP contribution in [0.1, 0.15) is 18.9 Å². The van der Waals surface area contributed by atoms with Gasteiger partial charge in [0.2, 0.25) is 0 Å². The molecule has 0 aromatic carbocycles. The van der Waals surface area contributed by atoms with Crippen molar-refractivity contribution in [2.75, 3.05) is 0 Å². The van der Waals surface area contributed by atoms with Crippen LogP contribution >= 0.6 is 0 Å². The molecule has 5 nitrogen and oxygen atoms in total. The van der Waals surface area contributed by atoms with Crippen LogP contribution in [-0.2, 0) is 4.84 Å². The summed E-state index contributed by atoms with van der Waals surface area (Å²) < 4.78 is 0. The van der Waals surface area contributed by atoms with Gasteiger partial charge in [-0.1, -0.05) is 0 Å². The Morgan fingerprint density at radius 3 is 3.11 bits per heavy atom. The lowest BCUT2D eigenvalue weighted by Gasteiger charge is -2.01. The zero-order valence-corrected chi connectivity index (χ0v) is 5.03. The highest BCUT2D eigenvalue weighted by molar-refractivity contribution is 4.83. The number of hydrogen-bond acceptors (Lipinski definition) is 4. The zero-order valence-electron chi connectivity index (χ0n) is 5.03. The van der Waals surface area contributed by atoms with Gasteiger partial charge in [0.25, 0.3) is 0 Å². The number of rotatable bonds is 2. The molecule has 1 atom stereocenters. The van der Waals surface area contributed by atoms with Gasteiger partial charge in [0.1, 0.15) is 12.4 Å². The molecule has 0 aliphatic rings. The van der Waals surface area contributed by atoms with Gasteiger partial charge in [-0.15, -0.1) is 0 Å². The summed E-state index contributed by atoms with van der Waals surface area (Å²) in [5.74, 6) is 5.51. The second kappa shape index (κ2) is 2.56. The Bertz CT molecular complexity index is 161. The number of H-pyrrole nitrogens is 1. The average Bonchev–Trinajstić information content (AvgIpc) is 2.37. The molecule has 0 spiro atoms. The van der Waals surface area contributed by atoms with Crippen molar-refractivity contribution < 1.29 is 4.84 Å². The topological polar surface area (TPSA) is 76.8 Å². The van der Waals surface area contributed by atoms with E-state index in [-0.39, 0.29) is 6.10 Å². The van der Waals surface area contributed by atoms with Gasteiger partial charge in [0.15, 0.2) is 5.82 Å². The molecule has 0 aliphatic heterocycles. The van der Waals surface area contributed by atoms with Gasteiger partial charge in [0.05, 0.1) is 0 Å². The molecule has 0 saturated carbocycles. The lowest BCUT2D eigenvalue weighted by Crippen LogP contribution is -2.06. The maximum Gasteiger partial charge on any atom is 0.155 e. The molecule has 1 heterocycles. The standard InChI is InChI=1S/C4H8N4O/c1-3(9-5)4-6-2-7-8-4/h2-3H,5H2,1H3,(H,6,7,8)/t3-/m1/s1. The van der Waals surface area contributed by atoms with Crippen molar-refractivity contribution >= 4 is 0 Å². The fourth-order valence-electron chi connectivity index (χ4n) is 0.475. The third-order valence-electron chi connectivity index (χ3n) is 1.02. The first-order valence-corrected chi connectivity index (χ1v) is 2.55. The Hall–Kier alpha value is -0.940. The smallest absolute Gasteiger partial charge is 0.155 e. The van der Waals surface area contributed by atoms with Crippen molar-refractivity contribution in [2.45, 2.75) is 13.0 Å². The minimum atomic E-state index is -0.215. The summed E-state index contributed by atoms with van der Waals surface area (Å²) in [6.45, 7) is 1.78. The Morgan fingerprint density at radius 1 is 1.89 bits per heavy atom. The lowest BCUT2D eigenvalue weighted by molar-refractivity contribution is 0.0604. The van der Waals surface area contributed by atoms with Crippen LogP contribution in [0.15, 0.2) is 6.33 Å². The van der Waals surface area contributed by atoms with E-state index in [9.17, 15) is 0 Å². The highest BCUT2D eigenvalue weighted by Crippen LogP contribution is 2.05. The third-order valence-corrected chi connectivity index (χ3v) is 1.02. The van der Waals surface area contributed by atoms with Crippen LogP contribution in [-0.4, -0.2) is 15.2 Å². The largest absolute Gasteiger partial charge is 0.294 e. The van der Waals surface area contributed by atoms with Crippen LogP contribution in [0.5, 0.6) is 0 Å². The number of nitrogens with zero attached hydrogens (tertiary/aromatic N) is 2. The molecule has 0 fully saturated rings. The molecule has 0 bridgehead atoms. The highest BCUT2D eigenvalue weighted by atomic mass is 16.6. The summed E-state index contributed by atoms with van der Waals surface area (Å²) >= 11 is 0. The molecule has 0 unspecified atom stereocenters. The van der Waals surface area contributed by atoms with Crippen molar-refractivity contribution in [1.82, 2.24) is 15.2 Å². The van der Waals surface area contributed by atoms with Crippen molar-refractivity contribution in [2.24, 2.45) is 5.90 Å². The first-order chi connectivity index (χ1) is 4.34. The summed E-state index contributed by atoms with van der Waals surface area (Å²) in [7, 11) is 0. The highest BCUT2D eigenvalue weighted by Gasteiger charge is 2.04. The number of nitrogens with two attached hydrogens (primary N) is 1. The minimum Gasteiger partial charge on any atom is -0.294 e. The molecule has 1 aromatic heterocycles. The first kappa shape index (κ1) is 6.18. The Labute approximate surface area is 52.2 Å². The molecule has 5 heteroatoms. The van der Waals surface area contributed by atoms with Crippen LogP contribution in [0, 0.1) is 0 Å². The number of aromatic nitrogens is 3. The van der Waals surface area contributed by atoms with Crippen molar-refractivity contribution in [1.29, 1.82) is 0 Å². The molecule has 0 aliphatic carbocycles. The third kappa shape index (κ3) is 1.24. The second-order valence-corrected chi connectivity index (χ2v) is 1.65. The molecule has 9 heavy (non-hydrogen) atoms. The average molecular weight is 128 g/mol. The van der Waals surface area contributed by atoms with Crippen LogP contribution in [0.4, 0.5) is 0 Å². The van der Waals surface area contributed by atoms with Crippen molar-refractivity contribution in [3.8, 4) is 0 Å². The Kier molecular flexibility index (Phi) is 1.76. The van der Waals surface area contributed by atoms with Gasteiger partial charge in [-0.25, -0.2) is 10.9 Å². The molecule has 0 amide bonds. The number of hydrogen-bond donors (Lipinski definition) is 2. The number of aromatic amines is 1. The van der Waals surface area contributed by atoms with E-state index < -0.39 is 0 Å². The quantitative estimate of drug-likeness (QED) is 0.539. The molecule has 1 rings (SSSR count). The normalized spacial score (nSPS) is 13.6. The van der Waals surface area contributed by atoms with E-state index in [0.29, 0.717) is 5.82 Å². The maximum atomic E-state index is 4.88. The summed E-state index contributed by atoms with van der Waals surface area (Å²) in [4.78, 5) is 8.28. The second-order valence-electron chi connectivity index (χ2n) is 1.65. The molecule has 0 radical (unpaired) electrons. The van der Waals surface area contributed by atoms with Gasteiger partial charge >= 0.3 is 0 Å². The van der Waals surface area contributed by atoms with Crippen molar-refractivity contribution in [3.63, 3.8) is 0 Å². The van der Waals surface area contributed by atoms with Gasteiger partial charge in [-0.2, -0.15) is 5.10 Å². The lowest BCUT2D eigenvalue weighted by atomic mass is 10.4. The van der Waals surface area contributed by atoms with Crippen LogP contribution in [0.25, 0.3) is 0 Å². The fourth-order valence-corrected chi connectivity index (χ4v) is 0.475. The van der Waals surface area contributed by atoms with Crippen LogP contribution < -0.4 is 5.90 Å². The van der Waals surface area contributed by atoms with Gasteiger partial charge in [-0.3, -0.25) is 9.94 Å². The van der Waals surface area contributed by atoms with Gasteiger partial charge < -0.3 is 0 Å². The molecular weight excluding hydrogens is 120 g/mol. The van der Waals surface area contributed by atoms with E-state index in [0.717, 1.165) is 0 Å². The predicted molar refractivity (Wildman–Crippen MR) is 30.1 cm³/mol. The SMILES string of the molecule is C[C@@H](ON)c1ncn[nH]1. The summed E-state index contributed by atoms with van der Waals surface area (Å²) in [5.41, 5.74) is 0. The molecule has 50 valence electrons. The fraction of sp³-hybridized carbons (Fsp3) is 0.500. The van der Waals surface area contributed by atoms with Crippen molar-refractivity contribution in [3.05, 3.63) is 12.2 Å². The van der Waals surface area contributed by atoms with Gasteiger partial charge in [0, 0.05) is 0 Å². The molecular formula is C4H8N4O. The van der Waals surface area contributed by atoms with E-state index >= 15 is 0 Å². The molecule has 3 N–H and O–H groups in total. The summed E-state index contributed by atoms with van der Waals surface area (Å²) in [6.07, 6.45) is 1.19. The Morgan fingerprint density at radius 2 is 2.67 bits per heavy atom. The van der Waals surface area contributed by atoms with Crippen LogP contribution in [0.3, 0.4) is 0 Å². The van der Waals surface area contributed by atoms with E-state index in [4.69, 9.17) is 5.90 Å². The first-order valence-electron chi connectivity index (χ1n) is 2.55. The van der Waals surface area contributed by atoms with Gasteiger partial charge in [-0.05, 0) is 6.92 Å². The predicted octanol–water partition coefficient (Wildman–Crippen LogP) is -0.244. The Balaban J connectivity index is 2.65. The summed E-state index contributed by atoms with van der Waals surface area (Å²) in [5, 5.41) is 6.24. The number of nitrogens with one attached hydrogen (secondary N) is 1. The maximum absolute atomic E-state index is 4.88. The van der Waals surface area contributed by atoms with E-state index in [2.05, 4.69) is 20.0 Å². The molecule has 0 saturated heterocycles. The van der Waals surface area contributed by atoms with E-state index in [1.165, 1.54) is 6.33 Å². The van der Waals surface area contributed by atoms with E-state index in [1.807, 2.05) is 0 Å². The van der Waals surface area contributed by atoms with E-state index in [1.54, 1.807) is 6.92 Å². The zero-order chi connectivity index (χ0) is 6.69. The minimum absolute atomic E-state index is 0.215. The van der Waals surface area contributed by atoms with Crippen LogP contribution in [0.2, 0.25) is 0 Å². The molecule has 1 aromatic rings. The monoisotopic (exact) mass is 128 g/mol.